The maximum absolute atomic E-state index is 12.5. The van der Waals surface area contributed by atoms with E-state index in [-0.39, 0.29) is 0 Å². The van der Waals surface area contributed by atoms with Crippen molar-refractivity contribution in [3.05, 3.63) is 33.1 Å². The molecule has 222 valence electrons. The number of phosphoric acid groups is 1. The number of amides is 1. The number of rotatable bonds is 10. The average molecular weight is 623 g/mol. The largest absolute Gasteiger partial charge is 0.479 e. The summed E-state index contributed by atoms with van der Waals surface area (Å²) < 4.78 is 38.0. The van der Waals surface area contributed by atoms with Crippen LogP contribution >= 0.6 is 14.5 Å². The third-order valence-electron chi connectivity index (χ3n) is 5.56. The molecule has 2 aliphatic rings. The molecule has 3 heterocycles. The third kappa shape index (κ3) is 7.85. The second-order valence-corrected chi connectivity index (χ2v) is 12.8. The van der Waals surface area contributed by atoms with Gasteiger partial charge in [-0.3, -0.25) is 28.2 Å². The van der Waals surface area contributed by atoms with Gasteiger partial charge in [-0.1, -0.05) is 0 Å². The van der Waals surface area contributed by atoms with E-state index in [2.05, 4.69) is 9.63 Å². The lowest BCUT2D eigenvalue weighted by Gasteiger charge is -2.42. The van der Waals surface area contributed by atoms with Crippen molar-refractivity contribution in [1.82, 2.24) is 14.9 Å². The zero-order chi connectivity index (χ0) is 29.3. The molecule has 2 unspecified atom stereocenters. The summed E-state index contributed by atoms with van der Waals surface area (Å²) in [5.41, 5.74) is -1.71. The molecular weight excluding hydrogens is 596 g/mol. The zero-order valence-electron chi connectivity index (χ0n) is 19.8. The fourth-order valence-corrected chi connectivity index (χ4v) is 6.93. The van der Waals surface area contributed by atoms with Gasteiger partial charge in [0.15, 0.2) is 12.5 Å². The molecule has 0 saturated carbocycles. The summed E-state index contributed by atoms with van der Waals surface area (Å²) >= 11 is 4.70. The van der Waals surface area contributed by atoms with Crippen molar-refractivity contribution >= 4 is 32.3 Å². The van der Waals surface area contributed by atoms with Crippen LogP contribution in [-0.4, -0.2) is 113 Å². The third-order valence-corrected chi connectivity index (χ3v) is 9.02. The van der Waals surface area contributed by atoms with E-state index in [4.69, 9.17) is 30.3 Å². The van der Waals surface area contributed by atoms with E-state index in [1.54, 1.807) is 0 Å². The van der Waals surface area contributed by atoms with Crippen molar-refractivity contribution < 1.29 is 67.5 Å². The predicted molar refractivity (Wildman–Crippen MR) is 127 cm³/mol. The Bertz CT molecular complexity index is 1240. The number of nitrogens with one attached hydrogen (secondary N) is 2. The van der Waals surface area contributed by atoms with Crippen LogP contribution < -0.4 is 16.6 Å². The summed E-state index contributed by atoms with van der Waals surface area (Å²) in [6.07, 6.45) is -12.3. The van der Waals surface area contributed by atoms with E-state index in [0.29, 0.717) is 0 Å². The normalized spacial score (nSPS) is 36.2. The highest BCUT2D eigenvalue weighted by molar-refractivity contribution is 8.08. The Kier molecular flexibility index (Phi) is 10.4. The molecular formula is C17H27N3O16P2S. The highest BCUT2D eigenvalue weighted by Gasteiger charge is 2.49. The van der Waals surface area contributed by atoms with Gasteiger partial charge in [0.25, 0.3) is 5.56 Å². The molecule has 0 aromatic carbocycles. The second-order valence-electron chi connectivity index (χ2n) is 8.42. The molecule has 22 heteroatoms. The number of nitrogens with zero attached hydrogens (tertiary/aromatic N) is 1. The van der Waals surface area contributed by atoms with Crippen molar-refractivity contribution in [2.24, 2.45) is 0 Å². The number of aromatic amines is 1. The molecule has 2 fully saturated rings. The van der Waals surface area contributed by atoms with Crippen molar-refractivity contribution in [3.63, 3.8) is 0 Å². The van der Waals surface area contributed by atoms with Crippen molar-refractivity contribution in [3.8, 4) is 0 Å². The number of aliphatic hydroxyl groups is 5. The molecule has 0 aliphatic carbocycles. The van der Waals surface area contributed by atoms with Crippen LogP contribution in [0.1, 0.15) is 13.2 Å². The SMILES string of the molecule is CC(=O)N[C@H]1[C@@H](OP(O)(=S)OP(=O)(O)OC[C@H]2O[C@@H](n3ccc(=O)[nH]c3=O)[C@H](O)[C@@H]2O)O[C@H](CO)[C@@H](O)[C@@H]1O. The van der Waals surface area contributed by atoms with Crippen molar-refractivity contribution in [2.45, 2.75) is 62.1 Å². The minimum absolute atomic E-state index is 0.728. The van der Waals surface area contributed by atoms with E-state index in [0.717, 1.165) is 23.8 Å². The zero-order valence-corrected chi connectivity index (χ0v) is 22.4. The summed E-state index contributed by atoms with van der Waals surface area (Å²) in [5, 5.41) is 52.3. The van der Waals surface area contributed by atoms with Crippen LogP contribution in [-0.2, 0) is 44.0 Å². The first-order valence-electron chi connectivity index (χ1n) is 11.0. The molecule has 2 aliphatic heterocycles. The molecule has 19 nitrogen and oxygen atoms in total. The molecule has 0 bridgehead atoms. The fourth-order valence-electron chi connectivity index (χ4n) is 3.76. The van der Waals surface area contributed by atoms with E-state index in [1.807, 2.05) is 4.98 Å². The summed E-state index contributed by atoms with van der Waals surface area (Å²) in [6, 6.07) is -0.610. The Labute approximate surface area is 223 Å². The lowest BCUT2D eigenvalue weighted by atomic mass is 9.97. The fraction of sp³-hybridized carbons (Fsp3) is 0.706. The number of carbonyl (C=O) groups is 1. The molecule has 39 heavy (non-hydrogen) atoms. The molecule has 0 radical (unpaired) electrons. The Morgan fingerprint density at radius 2 is 1.77 bits per heavy atom. The predicted octanol–water partition coefficient (Wildman–Crippen LogP) is -4.53. The monoisotopic (exact) mass is 623 g/mol. The van der Waals surface area contributed by atoms with Gasteiger partial charge in [-0.2, -0.15) is 0 Å². The number of ether oxygens (including phenoxy) is 2. The smallest absolute Gasteiger partial charge is 0.394 e. The van der Waals surface area contributed by atoms with Gasteiger partial charge in [0.2, 0.25) is 5.91 Å². The van der Waals surface area contributed by atoms with Gasteiger partial charge in [0.05, 0.1) is 13.2 Å². The van der Waals surface area contributed by atoms with Crippen LogP contribution in [0.2, 0.25) is 0 Å². The molecule has 2 saturated heterocycles. The number of carbonyl (C=O) groups excluding carboxylic acids is 1. The number of phosphoric ester groups is 1. The van der Waals surface area contributed by atoms with Gasteiger partial charge >= 0.3 is 20.2 Å². The quantitative estimate of drug-likeness (QED) is 0.111. The summed E-state index contributed by atoms with van der Waals surface area (Å²) in [4.78, 5) is 57.0. The molecule has 1 aromatic heterocycles. The molecule has 0 spiro atoms. The lowest BCUT2D eigenvalue weighted by Crippen LogP contribution is -2.64. The Morgan fingerprint density at radius 1 is 1.13 bits per heavy atom. The van der Waals surface area contributed by atoms with Gasteiger partial charge in [-0.05, 0) is 11.8 Å². The summed E-state index contributed by atoms with van der Waals surface area (Å²) in [7, 11) is -5.31. The van der Waals surface area contributed by atoms with E-state index >= 15 is 0 Å². The van der Waals surface area contributed by atoms with Gasteiger partial charge in [-0.15, -0.1) is 0 Å². The maximum atomic E-state index is 12.5. The highest BCUT2D eigenvalue weighted by atomic mass is 32.5. The first-order chi connectivity index (χ1) is 18.0. The lowest BCUT2D eigenvalue weighted by molar-refractivity contribution is -0.246. The number of aliphatic hydroxyl groups excluding tert-OH is 5. The van der Waals surface area contributed by atoms with Crippen molar-refractivity contribution in [1.29, 1.82) is 0 Å². The summed E-state index contributed by atoms with van der Waals surface area (Å²) in [5.74, 6) is -0.728. The number of H-pyrrole nitrogens is 1. The van der Waals surface area contributed by atoms with E-state index < -0.39 is 100 Å². The molecule has 9 N–H and O–H groups in total. The van der Waals surface area contributed by atoms with E-state index in [1.165, 1.54) is 0 Å². The number of aromatic nitrogens is 2. The molecule has 11 atom stereocenters. The van der Waals surface area contributed by atoms with Crippen LogP contribution in [0, 0.1) is 0 Å². The van der Waals surface area contributed by atoms with E-state index in [9.17, 15) is 54.3 Å². The van der Waals surface area contributed by atoms with Crippen LogP contribution in [0.5, 0.6) is 0 Å². The van der Waals surface area contributed by atoms with Crippen molar-refractivity contribution in [2.75, 3.05) is 13.2 Å². The van der Waals surface area contributed by atoms with Crippen LogP contribution in [0.15, 0.2) is 21.9 Å². The van der Waals surface area contributed by atoms with Gasteiger partial charge in [0.1, 0.15) is 42.7 Å². The van der Waals surface area contributed by atoms with Gasteiger partial charge < -0.3 is 50.1 Å². The van der Waals surface area contributed by atoms with Crippen LogP contribution in [0.4, 0.5) is 0 Å². The minimum atomic E-state index is -5.31. The second kappa shape index (κ2) is 12.6. The minimum Gasteiger partial charge on any atom is -0.394 e. The standard InChI is InChI=1S/C17H27N3O16P2S/c1-6(22)18-10-13(26)11(24)7(4-21)34-16(10)35-38(31,39)36-37(29,30)32-5-8-12(25)14(27)15(33-8)20-3-2-9(23)19-17(20)28/h2-3,7-8,10-16,21,24-27H,4-5H2,1H3,(H,18,22)(H,29,30)(H,31,39)(H,19,23,28)/t7-,8-,10-,11-,12-,13-,14-,15-,16-,38?/m1/s1. The number of hydrogen-bond donors (Lipinski definition) is 9. The first kappa shape index (κ1) is 32.1. The molecule has 1 amide bonds. The Hall–Kier alpha value is -1.45. The Balaban J connectivity index is 1.66. The topological polar surface area (TPSA) is 289 Å². The van der Waals surface area contributed by atoms with Gasteiger partial charge in [0, 0.05) is 19.2 Å². The Morgan fingerprint density at radius 3 is 2.36 bits per heavy atom. The number of hydrogen-bond acceptors (Lipinski definition) is 15. The van der Waals surface area contributed by atoms with Gasteiger partial charge in [-0.25, -0.2) is 13.7 Å². The maximum Gasteiger partial charge on any atom is 0.479 e. The van der Waals surface area contributed by atoms with Crippen LogP contribution in [0.3, 0.4) is 0 Å². The highest BCUT2D eigenvalue weighted by Crippen LogP contribution is 2.61. The molecule has 3 rings (SSSR count). The van der Waals surface area contributed by atoms with Crippen LogP contribution in [0.25, 0.3) is 0 Å². The summed E-state index contributed by atoms with van der Waals surface area (Å²) in [6.45, 7) is -5.52. The molecule has 1 aromatic rings. The average Bonchev–Trinajstić information content (AvgIpc) is 3.10. The first-order valence-corrected chi connectivity index (χ1v) is 15.1.